The van der Waals surface area contributed by atoms with E-state index in [4.69, 9.17) is 0 Å². The van der Waals surface area contributed by atoms with Crippen molar-refractivity contribution in [2.45, 2.75) is 19.8 Å². The number of hydrogen-bond donors (Lipinski definition) is 0. The number of carbonyl (C=O) groups excluding carboxylic acids is 2. The van der Waals surface area contributed by atoms with E-state index in [9.17, 15) is 14.0 Å². The van der Waals surface area contributed by atoms with E-state index in [0.29, 0.717) is 32.6 Å². The van der Waals surface area contributed by atoms with Gasteiger partial charge in [-0.2, -0.15) is 0 Å². The Morgan fingerprint density at radius 1 is 0.769 bits per heavy atom. The minimum atomic E-state index is -0.304. The molecule has 5 heteroatoms. The summed E-state index contributed by atoms with van der Waals surface area (Å²) in [4.78, 5) is 28.4. The summed E-state index contributed by atoms with van der Waals surface area (Å²) in [5.74, 6) is -0.191. The fourth-order valence-electron chi connectivity index (χ4n) is 3.09. The van der Waals surface area contributed by atoms with Gasteiger partial charge in [-0.3, -0.25) is 9.59 Å². The van der Waals surface area contributed by atoms with Crippen molar-refractivity contribution in [2.75, 3.05) is 26.2 Å². The summed E-state index contributed by atoms with van der Waals surface area (Å²) in [6.45, 7) is 4.22. The Morgan fingerprint density at radius 2 is 1.15 bits per heavy atom. The number of amides is 2. The largest absolute Gasteiger partial charge is 0.339 e. The van der Waals surface area contributed by atoms with Gasteiger partial charge >= 0.3 is 0 Å². The van der Waals surface area contributed by atoms with Gasteiger partial charge in [0.25, 0.3) is 0 Å². The Kier molecular flexibility index (Phi) is 5.66. The van der Waals surface area contributed by atoms with Crippen LogP contribution in [0.3, 0.4) is 0 Å². The normalized spacial score (nSPS) is 14.4. The Hall–Kier alpha value is -2.69. The monoisotopic (exact) mass is 354 g/mol. The standard InChI is InChI=1S/C21H23FN2O2/c1-16-2-4-17(5-3-16)14-20(25)23-10-12-24(13-11-23)21(26)15-18-6-8-19(22)9-7-18/h2-9H,10-15H2,1H3. The van der Waals surface area contributed by atoms with E-state index in [2.05, 4.69) is 0 Å². The molecule has 2 aromatic rings. The smallest absolute Gasteiger partial charge is 0.227 e. The van der Waals surface area contributed by atoms with Gasteiger partial charge < -0.3 is 9.80 Å². The molecule has 0 unspecified atom stereocenters. The van der Waals surface area contributed by atoms with Crippen LogP contribution in [0.1, 0.15) is 16.7 Å². The van der Waals surface area contributed by atoms with Crippen LogP contribution in [-0.2, 0) is 22.4 Å². The van der Waals surface area contributed by atoms with Crippen LogP contribution in [0.4, 0.5) is 4.39 Å². The zero-order valence-corrected chi connectivity index (χ0v) is 15.0. The molecule has 0 atom stereocenters. The molecule has 1 heterocycles. The first-order chi connectivity index (χ1) is 12.5. The van der Waals surface area contributed by atoms with Crippen LogP contribution >= 0.6 is 0 Å². The van der Waals surface area contributed by atoms with Crippen LogP contribution in [0.2, 0.25) is 0 Å². The van der Waals surface area contributed by atoms with Gasteiger partial charge in [0, 0.05) is 26.2 Å². The summed E-state index contributed by atoms with van der Waals surface area (Å²) in [7, 11) is 0. The number of nitrogens with zero attached hydrogens (tertiary/aromatic N) is 2. The highest BCUT2D eigenvalue weighted by atomic mass is 19.1. The van der Waals surface area contributed by atoms with Crippen molar-refractivity contribution in [1.82, 2.24) is 9.80 Å². The number of aryl methyl sites for hydroxylation is 1. The first kappa shape index (κ1) is 18.1. The minimum Gasteiger partial charge on any atom is -0.339 e. The van der Waals surface area contributed by atoms with Crippen molar-refractivity contribution in [3.05, 3.63) is 71.0 Å². The zero-order valence-electron chi connectivity index (χ0n) is 15.0. The molecule has 2 amide bonds. The third kappa shape index (κ3) is 4.69. The van der Waals surface area contributed by atoms with Gasteiger partial charge in [0.05, 0.1) is 12.8 Å². The third-order valence-electron chi connectivity index (χ3n) is 4.73. The van der Waals surface area contributed by atoms with Crippen LogP contribution in [0, 0.1) is 12.7 Å². The number of hydrogen-bond acceptors (Lipinski definition) is 2. The van der Waals surface area contributed by atoms with Gasteiger partial charge in [0.1, 0.15) is 5.82 Å². The molecule has 1 aliphatic rings. The van der Waals surface area contributed by atoms with E-state index >= 15 is 0 Å². The van der Waals surface area contributed by atoms with Gasteiger partial charge in [-0.15, -0.1) is 0 Å². The molecule has 0 radical (unpaired) electrons. The molecule has 0 aromatic heterocycles. The molecule has 2 aromatic carbocycles. The zero-order chi connectivity index (χ0) is 18.5. The quantitative estimate of drug-likeness (QED) is 0.847. The van der Waals surface area contributed by atoms with Crippen molar-refractivity contribution in [2.24, 2.45) is 0 Å². The molecule has 1 saturated heterocycles. The molecule has 1 fully saturated rings. The molecule has 3 rings (SSSR count). The highest BCUT2D eigenvalue weighted by Gasteiger charge is 2.24. The topological polar surface area (TPSA) is 40.6 Å². The number of halogens is 1. The van der Waals surface area contributed by atoms with Crippen LogP contribution in [0.15, 0.2) is 48.5 Å². The molecular formula is C21H23FN2O2. The highest BCUT2D eigenvalue weighted by molar-refractivity contribution is 5.81. The Labute approximate surface area is 153 Å². The van der Waals surface area contributed by atoms with Crippen molar-refractivity contribution in [3.8, 4) is 0 Å². The lowest BCUT2D eigenvalue weighted by Gasteiger charge is -2.35. The van der Waals surface area contributed by atoms with Crippen molar-refractivity contribution in [3.63, 3.8) is 0 Å². The summed E-state index contributed by atoms with van der Waals surface area (Å²) >= 11 is 0. The number of rotatable bonds is 4. The Morgan fingerprint density at radius 3 is 1.58 bits per heavy atom. The molecule has 136 valence electrons. The van der Waals surface area contributed by atoms with E-state index < -0.39 is 0 Å². The molecule has 26 heavy (non-hydrogen) atoms. The van der Waals surface area contributed by atoms with Gasteiger partial charge in [-0.25, -0.2) is 4.39 Å². The van der Waals surface area contributed by atoms with Crippen molar-refractivity contribution < 1.29 is 14.0 Å². The van der Waals surface area contributed by atoms with Crippen molar-refractivity contribution in [1.29, 1.82) is 0 Å². The maximum Gasteiger partial charge on any atom is 0.227 e. The highest BCUT2D eigenvalue weighted by Crippen LogP contribution is 2.11. The SMILES string of the molecule is Cc1ccc(CC(=O)N2CCN(C(=O)Cc3ccc(F)cc3)CC2)cc1. The van der Waals surface area contributed by atoms with Crippen LogP contribution in [0.25, 0.3) is 0 Å². The molecule has 0 saturated carbocycles. The van der Waals surface area contributed by atoms with E-state index in [1.165, 1.54) is 17.7 Å². The van der Waals surface area contributed by atoms with Crippen LogP contribution < -0.4 is 0 Å². The number of benzene rings is 2. The summed E-state index contributed by atoms with van der Waals surface area (Å²) in [5.41, 5.74) is 2.99. The average Bonchev–Trinajstić information content (AvgIpc) is 2.65. The molecule has 0 bridgehead atoms. The lowest BCUT2D eigenvalue weighted by Crippen LogP contribution is -2.51. The van der Waals surface area contributed by atoms with E-state index in [0.717, 1.165) is 11.1 Å². The minimum absolute atomic E-state index is 0.0160. The Balaban J connectivity index is 1.48. The fourth-order valence-corrected chi connectivity index (χ4v) is 3.09. The molecule has 4 nitrogen and oxygen atoms in total. The van der Waals surface area contributed by atoms with Gasteiger partial charge in [0.15, 0.2) is 0 Å². The second-order valence-corrected chi connectivity index (χ2v) is 6.73. The first-order valence-corrected chi connectivity index (χ1v) is 8.87. The van der Waals surface area contributed by atoms with Crippen molar-refractivity contribution >= 4 is 11.8 Å². The lowest BCUT2D eigenvalue weighted by molar-refractivity contribution is -0.138. The predicted molar refractivity (Wildman–Crippen MR) is 98.1 cm³/mol. The van der Waals surface area contributed by atoms with Gasteiger partial charge in [-0.05, 0) is 30.2 Å². The second kappa shape index (κ2) is 8.13. The molecule has 0 aliphatic carbocycles. The summed E-state index contributed by atoms with van der Waals surface area (Å²) in [6, 6.07) is 14.0. The van der Waals surface area contributed by atoms with Crippen LogP contribution in [-0.4, -0.2) is 47.8 Å². The summed E-state index contributed by atoms with van der Waals surface area (Å²) in [5, 5.41) is 0. The second-order valence-electron chi connectivity index (χ2n) is 6.73. The number of piperazine rings is 1. The third-order valence-corrected chi connectivity index (χ3v) is 4.73. The molecular weight excluding hydrogens is 331 g/mol. The average molecular weight is 354 g/mol. The maximum absolute atomic E-state index is 12.9. The number of carbonyl (C=O) groups is 2. The van der Waals surface area contributed by atoms with E-state index in [-0.39, 0.29) is 24.1 Å². The Bertz CT molecular complexity index is 696. The molecule has 1 aliphatic heterocycles. The fraction of sp³-hybridized carbons (Fsp3) is 0.333. The summed E-state index contributed by atoms with van der Waals surface area (Å²) < 4.78 is 12.9. The maximum atomic E-state index is 12.9. The molecule has 0 spiro atoms. The first-order valence-electron chi connectivity index (χ1n) is 8.87. The van der Waals surface area contributed by atoms with Gasteiger partial charge in [-0.1, -0.05) is 42.0 Å². The van der Waals surface area contributed by atoms with E-state index in [1.54, 1.807) is 17.0 Å². The summed E-state index contributed by atoms with van der Waals surface area (Å²) in [6.07, 6.45) is 0.654. The van der Waals surface area contributed by atoms with E-state index in [1.807, 2.05) is 36.1 Å². The lowest BCUT2D eigenvalue weighted by atomic mass is 10.1. The predicted octanol–water partition coefficient (Wildman–Crippen LogP) is 2.59. The van der Waals surface area contributed by atoms with Crippen LogP contribution in [0.5, 0.6) is 0 Å². The van der Waals surface area contributed by atoms with Gasteiger partial charge in [0.2, 0.25) is 11.8 Å². The molecule has 0 N–H and O–H groups in total.